The number of ether oxygens (including phenoxy) is 2. The second kappa shape index (κ2) is 10.8. The second-order valence-corrected chi connectivity index (χ2v) is 7.02. The summed E-state index contributed by atoms with van der Waals surface area (Å²) in [5.74, 6) is -0.221. The maximum absolute atomic E-state index is 13.8. The van der Waals surface area contributed by atoms with Crippen molar-refractivity contribution in [3.05, 3.63) is 94.8 Å². The molecule has 0 atom stereocenters. The third kappa shape index (κ3) is 5.96. The van der Waals surface area contributed by atoms with Gasteiger partial charge in [-0.15, -0.1) is 0 Å². The van der Waals surface area contributed by atoms with Gasteiger partial charge in [0.25, 0.3) is 5.91 Å². The van der Waals surface area contributed by atoms with E-state index in [0.29, 0.717) is 30.3 Å². The Morgan fingerprint density at radius 1 is 1.06 bits per heavy atom. The van der Waals surface area contributed by atoms with Gasteiger partial charge < -0.3 is 14.8 Å². The van der Waals surface area contributed by atoms with Crippen LogP contribution in [0.5, 0.6) is 11.5 Å². The lowest BCUT2D eigenvalue weighted by Crippen LogP contribution is -2.14. The number of benzene rings is 3. The Labute approximate surface area is 186 Å². The summed E-state index contributed by atoms with van der Waals surface area (Å²) in [6.07, 6.45) is 1.42. The fraction of sp³-hybridized carbons (Fsp3) is 0.154. The Bertz CT molecular complexity index is 1160. The summed E-state index contributed by atoms with van der Waals surface area (Å²) in [5, 5.41) is 11.8. The van der Waals surface area contributed by atoms with Crippen LogP contribution >= 0.6 is 0 Å². The average Bonchev–Trinajstić information content (AvgIpc) is 2.79. The van der Waals surface area contributed by atoms with Gasteiger partial charge in [-0.2, -0.15) is 5.26 Å². The first-order valence-corrected chi connectivity index (χ1v) is 10.1. The van der Waals surface area contributed by atoms with Crippen LogP contribution in [-0.2, 0) is 11.4 Å². The van der Waals surface area contributed by atoms with Crippen LogP contribution in [0.15, 0.2) is 72.3 Å². The highest BCUT2D eigenvalue weighted by molar-refractivity contribution is 6.09. The molecule has 3 aromatic rings. The van der Waals surface area contributed by atoms with E-state index in [1.54, 1.807) is 24.3 Å². The number of para-hydroxylation sites is 1. The number of amides is 1. The SMILES string of the molecule is CCOc1cc(/C=C(/C#N)C(=O)Nc2ccccc2F)ccc1OCc1ccc(C)cc1. The summed E-state index contributed by atoms with van der Waals surface area (Å²) in [6, 6.07) is 20.8. The zero-order chi connectivity index (χ0) is 22.9. The zero-order valence-electron chi connectivity index (χ0n) is 17.9. The Morgan fingerprint density at radius 2 is 1.81 bits per heavy atom. The summed E-state index contributed by atoms with van der Waals surface area (Å²) in [6.45, 7) is 4.68. The highest BCUT2D eigenvalue weighted by atomic mass is 19.1. The predicted molar refractivity (Wildman–Crippen MR) is 122 cm³/mol. The number of nitrogens with zero attached hydrogens (tertiary/aromatic N) is 1. The molecule has 1 amide bonds. The standard InChI is InChI=1S/C26H23FN2O3/c1-3-31-25-15-20(12-13-24(25)32-17-19-10-8-18(2)9-11-19)14-21(16-28)26(30)29-23-7-5-4-6-22(23)27/h4-15H,3,17H2,1-2H3,(H,29,30)/b21-14-. The molecule has 3 aromatic carbocycles. The van der Waals surface area contributed by atoms with Gasteiger partial charge in [0.1, 0.15) is 24.1 Å². The number of rotatable bonds is 8. The first-order chi connectivity index (χ1) is 15.5. The molecule has 0 saturated carbocycles. The van der Waals surface area contributed by atoms with Crippen LogP contribution in [0, 0.1) is 24.1 Å². The number of hydrogen-bond acceptors (Lipinski definition) is 4. The maximum atomic E-state index is 13.8. The lowest BCUT2D eigenvalue weighted by atomic mass is 10.1. The van der Waals surface area contributed by atoms with Gasteiger partial charge in [-0.1, -0.05) is 48.0 Å². The molecule has 1 N–H and O–H groups in total. The largest absolute Gasteiger partial charge is 0.490 e. The van der Waals surface area contributed by atoms with E-state index < -0.39 is 11.7 Å². The molecule has 32 heavy (non-hydrogen) atoms. The van der Waals surface area contributed by atoms with Crippen molar-refractivity contribution in [2.24, 2.45) is 0 Å². The van der Waals surface area contributed by atoms with Crippen molar-refractivity contribution in [1.82, 2.24) is 0 Å². The van der Waals surface area contributed by atoms with Gasteiger partial charge in [-0.3, -0.25) is 4.79 Å². The van der Waals surface area contributed by atoms with Crippen molar-refractivity contribution in [2.75, 3.05) is 11.9 Å². The quantitative estimate of drug-likeness (QED) is 0.370. The maximum Gasteiger partial charge on any atom is 0.266 e. The summed E-state index contributed by atoms with van der Waals surface area (Å²) in [5.41, 5.74) is 2.62. The van der Waals surface area contributed by atoms with Crippen LogP contribution in [-0.4, -0.2) is 12.5 Å². The molecule has 0 radical (unpaired) electrons. The molecule has 0 aliphatic heterocycles. The van der Waals surface area contributed by atoms with E-state index in [1.807, 2.05) is 44.2 Å². The molecule has 162 valence electrons. The molecule has 0 aliphatic carbocycles. The van der Waals surface area contributed by atoms with Crippen molar-refractivity contribution in [3.8, 4) is 17.6 Å². The Hall–Kier alpha value is -4.11. The van der Waals surface area contributed by atoms with E-state index in [2.05, 4.69) is 5.32 Å². The smallest absolute Gasteiger partial charge is 0.266 e. The van der Waals surface area contributed by atoms with Gasteiger partial charge in [-0.25, -0.2) is 4.39 Å². The molecule has 0 heterocycles. The molecule has 0 fully saturated rings. The average molecular weight is 430 g/mol. The number of hydrogen-bond donors (Lipinski definition) is 1. The molecule has 6 heteroatoms. The molecule has 0 saturated heterocycles. The second-order valence-electron chi connectivity index (χ2n) is 7.02. The molecule has 0 aromatic heterocycles. The summed E-state index contributed by atoms with van der Waals surface area (Å²) in [4.78, 5) is 12.4. The molecule has 3 rings (SSSR count). The van der Waals surface area contributed by atoms with E-state index in [9.17, 15) is 14.4 Å². The molecular weight excluding hydrogens is 407 g/mol. The Morgan fingerprint density at radius 3 is 2.50 bits per heavy atom. The zero-order valence-corrected chi connectivity index (χ0v) is 17.9. The van der Waals surface area contributed by atoms with Gasteiger partial charge in [0.05, 0.1) is 12.3 Å². The third-order valence-corrected chi connectivity index (χ3v) is 4.58. The van der Waals surface area contributed by atoms with Gasteiger partial charge in [0.2, 0.25) is 0 Å². The van der Waals surface area contributed by atoms with Crippen LogP contribution in [0.4, 0.5) is 10.1 Å². The van der Waals surface area contributed by atoms with Gasteiger partial charge in [-0.05, 0) is 55.3 Å². The fourth-order valence-corrected chi connectivity index (χ4v) is 2.91. The molecule has 0 spiro atoms. The fourth-order valence-electron chi connectivity index (χ4n) is 2.91. The minimum absolute atomic E-state index is 0.00788. The van der Waals surface area contributed by atoms with Gasteiger partial charge in [0, 0.05) is 0 Å². The summed E-state index contributed by atoms with van der Waals surface area (Å²) < 4.78 is 25.4. The van der Waals surface area contributed by atoms with Crippen LogP contribution in [0.2, 0.25) is 0 Å². The van der Waals surface area contributed by atoms with E-state index in [0.717, 1.165) is 5.56 Å². The van der Waals surface area contributed by atoms with Crippen LogP contribution < -0.4 is 14.8 Å². The molecular formula is C26H23FN2O3. The molecule has 0 unspecified atom stereocenters. The van der Waals surface area contributed by atoms with E-state index in [-0.39, 0.29) is 11.3 Å². The van der Waals surface area contributed by atoms with E-state index in [1.165, 1.54) is 29.8 Å². The molecule has 5 nitrogen and oxygen atoms in total. The number of nitriles is 1. The normalized spacial score (nSPS) is 10.9. The highest BCUT2D eigenvalue weighted by Crippen LogP contribution is 2.30. The van der Waals surface area contributed by atoms with Crippen LogP contribution in [0.3, 0.4) is 0 Å². The topological polar surface area (TPSA) is 71.3 Å². The number of nitrogens with one attached hydrogen (secondary N) is 1. The van der Waals surface area contributed by atoms with Crippen LogP contribution in [0.25, 0.3) is 6.08 Å². The van der Waals surface area contributed by atoms with Crippen LogP contribution in [0.1, 0.15) is 23.6 Å². The highest BCUT2D eigenvalue weighted by Gasteiger charge is 2.13. The van der Waals surface area contributed by atoms with Crippen molar-refractivity contribution >= 4 is 17.7 Å². The molecule has 0 aliphatic rings. The lowest BCUT2D eigenvalue weighted by Gasteiger charge is -2.13. The minimum atomic E-state index is -0.699. The van der Waals surface area contributed by atoms with Crippen molar-refractivity contribution in [2.45, 2.75) is 20.5 Å². The monoisotopic (exact) mass is 430 g/mol. The number of halogens is 1. The predicted octanol–water partition coefficient (Wildman–Crippen LogP) is 5.66. The Balaban J connectivity index is 1.78. The van der Waals surface area contributed by atoms with Gasteiger partial charge >= 0.3 is 0 Å². The summed E-state index contributed by atoms with van der Waals surface area (Å²) >= 11 is 0. The van der Waals surface area contributed by atoms with E-state index >= 15 is 0 Å². The van der Waals surface area contributed by atoms with Crippen molar-refractivity contribution in [3.63, 3.8) is 0 Å². The van der Waals surface area contributed by atoms with Crippen molar-refractivity contribution < 1.29 is 18.7 Å². The first kappa shape index (κ1) is 22.6. The Kier molecular flexibility index (Phi) is 7.60. The number of aryl methyl sites for hydroxylation is 1. The van der Waals surface area contributed by atoms with Crippen molar-refractivity contribution in [1.29, 1.82) is 5.26 Å². The molecule has 0 bridgehead atoms. The first-order valence-electron chi connectivity index (χ1n) is 10.1. The summed E-state index contributed by atoms with van der Waals surface area (Å²) in [7, 11) is 0. The third-order valence-electron chi connectivity index (χ3n) is 4.58. The lowest BCUT2D eigenvalue weighted by molar-refractivity contribution is -0.112. The number of carbonyl (C=O) groups excluding carboxylic acids is 1. The number of carbonyl (C=O) groups is 1. The minimum Gasteiger partial charge on any atom is -0.490 e. The number of anilines is 1. The van der Waals surface area contributed by atoms with Gasteiger partial charge in [0.15, 0.2) is 11.5 Å². The van der Waals surface area contributed by atoms with E-state index in [4.69, 9.17) is 9.47 Å².